The third-order valence-corrected chi connectivity index (χ3v) is 7.36. The van der Waals surface area contributed by atoms with Crippen molar-refractivity contribution in [2.24, 2.45) is 11.0 Å². The van der Waals surface area contributed by atoms with Gasteiger partial charge in [0.1, 0.15) is 0 Å². The van der Waals surface area contributed by atoms with Crippen LogP contribution in [0, 0.1) is 16.0 Å². The minimum atomic E-state index is -0.549. The summed E-state index contributed by atoms with van der Waals surface area (Å²) in [5, 5.41) is 19.0. The van der Waals surface area contributed by atoms with Gasteiger partial charge in [-0.2, -0.15) is 5.10 Å². The summed E-state index contributed by atoms with van der Waals surface area (Å²) in [7, 11) is 0. The van der Waals surface area contributed by atoms with Crippen molar-refractivity contribution in [2.45, 2.75) is 25.3 Å². The van der Waals surface area contributed by atoms with Crippen molar-refractivity contribution in [3.63, 3.8) is 0 Å². The Bertz CT molecular complexity index is 1400. The Labute approximate surface area is 222 Å². The van der Waals surface area contributed by atoms with E-state index in [2.05, 4.69) is 6.08 Å². The summed E-state index contributed by atoms with van der Waals surface area (Å²) in [6.07, 6.45) is 4.68. The van der Waals surface area contributed by atoms with E-state index in [9.17, 15) is 14.9 Å². The Hall–Kier alpha value is -3.19. The maximum absolute atomic E-state index is 13.8. The van der Waals surface area contributed by atoms with Gasteiger partial charge in [-0.3, -0.25) is 14.9 Å². The van der Waals surface area contributed by atoms with Crippen LogP contribution in [-0.2, 0) is 0 Å². The zero-order chi connectivity index (χ0) is 25.4. The van der Waals surface area contributed by atoms with Gasteiger partial charge in [-0.1, -0.05) is 59.1 Å². The van der Waals surface area contributed by atoms with Crippen molar-refractivity contribution in [3.05, 3.63) is 114 Å². The van der Waals surface area contributed by atoms with Gasteiger partial charge in [0.15, 0.2) is 0 Å². The number of fused-ring (bicyclic) bond motifs is 1. The highest BCUT2D eigenvalue weighted by molar-refractivity contribution is 6.34. The van der Waals surface area contributed by atoms with E-state index in [1.54, 1.807) is 12.1 Å². The van der Waals surface area contributed by atoms with E-state index < -0.39 is 16.9 Å². The van der Waals surface area contributed by atoms with Crippen molar-refractivity contribution in [3.8, 4) is 0 Å². The summed E-state index contributed by atoms with van der Waals surface area (Å²) >= 11 is 18.5. The molecule has 0 radical (unpaired) electrons. The first-order valence-corrected chi connectivity index (χ1v) is 12.5. The summed E-state index contributed by atoms with van der Waals surface area (Å²) in [5.41, 5.74) is 3.59. The number of carbonyl (C=O) groups excluding carboxylic acids is 1. The van der Waals surface area contributed by atoms with Gasteiger partial charge < -0.3 is 0 Å². The monoisotopic (exact) mass is 539 g/mol. The number of nitro groups is 1. The Kier molecular flexibility index (Phi) is 6.84. The third kappa shape index (κ3) is 4.76. The normalized spacial score (nSPS) is 20.2. The van der Waals surface area contributed by atoms with Crippen LogP contribution >= 0.6 is 34.8 Å². The molecule has 1 amide bonds. The average molecular weight is 541 g/mol. The molecule has 9 heteroatoms. The Balaban J connectivity index is 1.60. The lowest BCUT2D eigenvalue weighted by atomic mass is 9.77. The fourth-order valence-electron chi connectivity index (χ4n) is 4.84. The largest absolute Gasteiger partial charge is 0.276 e. The molecule has 6 nitrogen and oxygen atoms in total. The SMILES string of the molecule is O=C(c1cc([N+](=O)[O-])ccc1Cl)N1N=C2/C(=C/c3ccc(Cl)cc3)CCCC2C1c1ccc(Cl)cc1. The minimum Gasteiger partial charge on any atom is -0.267 e. The van der Waals surface area contributed by atoms with Crippen LogP contribution in [0.3, 0.4) is 0 Å². The second-order valence-electron chi connectivity index (χ2n) is 8.77. The van der Waals surface area contributed by atoms with Crippen LogP contribution in [-0.4, -0.2) is 21.6 Å². The van der Waals surface area contributed by atoms with Crippen molar-refractivity contribution < 1.29 is 9.72 Å². The second-order valence-corrected chi connectivity index (χ2v) is 10.1. The van der Waals surface area contributed by atoms with Crippen molar-refractivity contribution in [2.75, 3.05) is 0 Å². The Morgan fingerprint density at radius 3 is 2.33 bits per heavy atom. The summed E-state index contributed by atoms with van der Waals surface area (Å²) in [5.74, 6) is -0.531. The van der Waals surface area contributed by atoms with E-state index in [0.717, 1.165) is 41.7 Å². The van der Waals surface area contributed by atoms with Gasteiger partial charge in [0.2, 0.25) is 0 Å². The average Bonchev–Trinajstić information content (AvgIpc) is 3.26. The van der Waals surface area contributed by atoms with Crippen LogP contribution in [0.5, 0.6) is 0 Å². The van der Waals surface area contributed by atoms with Gasteiger partial charge in [0.25, 0.3) is 11.6 Å². The molecule has 2 atom stereocenters. The first kappa shape index (κ1) is 24.5. The van der Waals surface area contributed by atoms with Crippen LogP contribution in [0.25, 0.3) is 6.08 Å². The van der Waals surface area contributed by atoms with Gasteiger partial charge in [0.05, 0.1) is 27.3 Å². The molecule has 1 heterocycles. The van der Waals surface area contributed by atoms with E-state index in [1.165, 1.54) is 23.2 Å². The standard InChI is InChI=1S/C27H20Cl3N3O3/c28-19-8-4-16(5-9-19)14-18-2-1-3-22-25(18)31-32(26(22)17-6-10-20(29)11-7-17)27(34)23-15-21(33(35)36)12-13-24(23)30/h4-15,22,26H,1-3H2/b18-14+. The van der Waals surface area contributed by atoms with E-state index in [-0.39, 0.29) is 22.2 Å². The highest BCUT2D eigenvalue weighted by Crippen LogP contribution is 2.45. The Morgan fingerprint density at radius 1 is 1.00 bits per heavy atom. The maximum Gasteiger partial charge on any atom is 0.276 e. The van der Waals surface area contributed by atoms with Crippen LogP contribution in [0.1, 0.15) is 46.8 Å². The molecule has 1 fully saturated rings. The number of hydrogen-bond acceptors (Lipinski definition) is 4. The zero-order valence-corrected chi connectivity index (χ0v) is 21.2. The number of nitrogens with zero attached hydrogens (tertiary/aromatic N) is 3. The van der Waals surface area contributed by atoms with Crippen LogP contribution in [0.2, 0.25) is 15.1 Å². The highest BCUT2D eigenvalue weighted by atomic mass is 35.5. The van der Waals surface area contributed by atoms with E-state index in [0.29, 0.717) is 10.0 Å². The molecule has 1 saturated carbocycles. The number of allylic oxidation sites excluding steroid dienone is 1. The first-order chi connectivity index (χ1) is 17.3. The first-order valence-electron chi connectivity index (χ1n) is 11.4. The predicted octanol–water partition coefficient (Wildman–Crippen LogP) is 7.99. The molecule has 0 saturated heterocycles. The van der Waals surface area contributed by atoms with E-state index in [4.69, 9.17) is 39.9 Å². The smallest absolute Gasteiger partial charge is 0.267 e. The third-order valence-electron chi connectivity index (χ3n) is 6.52. The molecule has 0 aromatic heterocycles. The van der Waals surface area contributed by atoms with Crippen LogP contribution in [0.15, 0.2) is 77.4 Å². The molecule has 3 aromatic carbocycles. The van der Waals surface area contributed by atoms with Crippen LogP contribution < -0.4 is 0 Å². The van der Waals surface area contributed by atoms with Gasteiger partial charge in [-0.05, 0) is 72.4 Å². The van der Waals surface area contributed by atoms with Crippen LogP contribution in [0.4, 0.5) is 5.69 Å². The number of amides is 1. The quantitative estimate of drug-likeness (QED) is 0.248. The summed E-state index contributed by atoms with van der Waals surface area (Å²) in [6.45, 7) is 0. The van der Waals surface area contributed by atoms with Gasteiger partial charge >= 0.3 is 0 Å². The predicted molar refractivity (Wildman–Crippen MR) is 143 cm³/mol. The van der Waals surface area contributed by atoms with E-state index in [1.807, 2.05) is 36.4 Å². The lowest BCUT2D eigenvalue weighted by Crippen LogP contribution is -2.32. The molecular weight excluding hydrogens is 521 g/mol. The minimum absolute atomic E-state index is 0.0380. The van der Waals surface area contributed by atoms with Crippen molar-refractivity contribution in [1.29, 1.82) is 0 Å². The fraction of sp³-hybridized carbons (Fsp3) is 0.185. The molecule has 0 N–H and O–H groups in total. The highest BCUT2D eigenvalue weighted by Gasteiger charge is 2.44. The van der Waals surface area contributed by atoms with E-state index >= 15 is 0 Å². The molecule has 0 spiro atoms. The summed E-state index contributed by atoms with van der Waals surface area (Å²) in [4.78, 5) is 24.6. The summed E-state index contributed by atoms with van der Waals surface area (Å²) in [6, 6.07) is 18.3. The number of halogens is 3. The number of hydrogen-bond donors (Lipinski definition) is 0. The van der Waals surface area contributed by atoms with Crippen molar-refractivity contribution in [1.82, 2.24) is 5.01 Å². The number of non-ortho nitro benzene ring substituents is 1. The molecule has 2 unspecified atom stereocenters. The number of carbonyl (C=O) groups is 1. The molecule has 1 aliphatic carbocycles. The summed E-state index contributed by atoms with van der Waals surface area (Å²) < 4.78 is 0. The molecule has 36 heavy (non-hydrogen) atoms. The molecule has 1 aliphatic heterocycles. The fourth-order valence-corrected chi connectivity index (χ4v) is 5.29. The lowest BCUT2D eigenvalue weighted by Gasteiger charge is -2.29. The number of benzene rings is 3. The maximum atomic E-state index is 13.8. The van der Waals surface area contributed by atoms with Crippen molar-refractivity contribution >= 4 is 58.2 Å². The number of hydrazone groups is 1. The number of rotatable bonds is 4. The Morgan fingerprint density at radius 2 is 1.67 bits per heavy atom. The lowest BCUT2D eigenvalue weighted by molar-refractivity contribution is -0.384. The molecule has 5 rings (SSSR count). The van der Waals surface area contributed by atoms with Gasteiger partial charge in [0, 0.05) is 28.1 Å². The topological polar surface area (TPSA) is 75.8 Å². The number of nitro benzene ring substituents is 1. The molecule has 3 aromatic rings. The second kappa shape index (κ2) is 10.1. The van der Waals surface area contributed by atoms with Gasteiger partial charge in [-0.25, -0.2) is 5.01 Å². The molecule has 182 valence electrons. The zero-order valence-electron chi connectivity index (χ0n) is 18.9. The van der Waals surface area contributed by atoms with Gasteiger partial charge in [-0.15, -0.1) is 0 Å². The molecule has 0 bridgehead atoms. The molecule has 2 aliphatic rings. The molecular formula is C27H20Cl3N3O3.